The normalized spacial score (nSPS) is 10.9. The lowest BCUT2D eigenvalue weighted by atomic mass is 10.2. The average Bonchev–Trinajstić information content (AvgIpc) is 2.42. The molecule has 0 aliphatic carbocycles. The molecule has 0 heterocycles. The van der Waals surface area contributed by atoms with E-state index >= 15 is 0 Å². The summed E-state index contributed by atoms with van der Waals surface area (Å²) in [6.07, 6.45) is 3.85. The van der Waals surface area contributed by atoms with E-state index in [-0.39, 0.29) is 5.82 Å². The maximum atomic E-state index is 12.7. The van der Waals surface area contributed by atoms with E-state index in [1.807, 2.05) is 42.5 Å². The number of ether oxygens (including phenoxy) is 1. The lowest BCUT2D eigenvalue weighted by Gasteiger charge is -2.00. The topological polar surface area (TPSA) is 9.23 Å². The lowest BCUT2D eigenvalue weighted by molar-refractivity contribution is 0.149. The fourth-order valence-electron chi connectivity index (χ4n) is 1.58. The third-order valence-corrected chi connectivity index (χ3v) is 2.51. The lowest BCUT2D eigenvalue weighted by Crippen LogP contribution is -1.91. The van der Waals surface area contributed by atoms with Gasteiger partial charge in [-0.3, -0.25) is 0 Å². The van der Waals surface area contributed by atoms with Crippen LogP contribution in [0.25, 0.3) is 6.08 Å². The van der Waals surface area contributed by atoms with Gasteiger partial charge in [-0.25, -0.2) is 4.39 Å². The van der Waals surface area contributed by atoms with E-state index in [1.165, 1.54) is 12.1 Å². The molecule has 0 saturated carbocycles. The molecule has 0 radical (unpaired) electrons. The van der Waals surface area contributed by atoms with Crippen LogP contribution in [0.5, 0.6) is 0 Å². The van der Waals surface area contributed by atoms with Crippen LogP contribution in [0.15, 0.2) is 60.7 Å². The minimum absolute atomic E-state index is 0.215. The molecule has 0 atom stereocenters. The summed E-state index contributed by atoms with van der Waals surface area (Å²) in [6.45, 7) is 1.15. The molecule has 0 saturated heterocycles. The highest BCUT2D eigenvalue weighted by Crippen LogP contribution is 2.05. The molecule has 92 valence electrons. The first kappa shape index (κ1) is 12.5. The summed E-state index contributed by atoms with van der Waals surface area (Å²) in [5.41, 5.74) is 2.13. The van der Waals surface area contributed by atoms with Gasteiger partial charge in [0.2, 0.25) is 0 Å². The minimum atomic E-state index is -0.215. The summed E-state index contributed by atoms with van der Waals surface area (Å²) in [7, 11) is 0. The van der Waals surface area contributed by atoms with Crippen LogP contribution in [0.1, 0.15) is 11.1 Å². The van der Waals surface area contributed by atoms with Crippen LogP contribution in [-0.4, -0.2) is 6.61 Å². The Kier molecular flexibility index (Phi) is 4.68. The van der Waals surface area contributed by atoms with E-state index in [2.05, 4.69) is 0 Å². The van der Waals surface area contributed by atoms with Crippen LogP contribution >= 0.6 is 0 Å². The molecule has 18 heavy (non-hydrogen) atoms. The summed E-state index contributed by atoms with van der Waals surface area (Å²) in [5.74, 6) is -0.215. The quantitative estimate of drug-likeness (QED) is 0.718. The van der Waals surface area contributed by atoms with Crippen molar-refractivity contribution in [2.45, 2.75) is 6.61 Å². The van der Waals surface area contributed by atoms with Gasteiger partial charge in [0.15, 0.2) is 0 Å². The Balaban J connectivity index is 1.74. The molecular weight excluding hydrogens is 227 g/mol. The Bertz CT molecular complexity index is 488. The van der Waals surface area contributed by atoms with E-state index in [0.29, 0.717) is 13.2 Å². The van der Waals surface area contributed by atoms with E-state index in [1.54, 1.807) is 12.1 Å². The fourth-order valence-corrected chi connectivity index (χ4v) is 1.58. The average molecular weight is 242 g/mol. The molecule has 2 aromatic carbocycles. The Labute approximate surface area is 107 Å². The Morgan fingerprint density at radius 2 is 1.67 bits per heavy atom. The van der Waals surface area contributed by atoms with Crippen LogP contribution in [-0.2, 0) is 11.3 Å². The van der Waals surface area contributed by atoms with Crippen LogP contribution in [0.2, 0.25) is 0 Å². The highest BCUT2D eigenvalue weighted by molar-refractivity contribution is 5.48. The zero-order chi connectivity index (χ0) is 12.6. The van der Waals surface area contributed by atoms with E-state index in [4.69, 9.17) is 4.74 Å². The summed E-state index contributed by atoms with van der Waals surface area (Å²) in [6, 6.07) is 16.4. The first-order chi connectivity index (χ1) is 8.84. The van der Waals surface area contributed by atoms with Crippen LogP contribution in [0.3, 0.4) is 0 Å². The highest BCUT2D eigenvalue weighted by atomic mass is 19.1. The number of halogens is 1. The van der Waals surface area contributed by atoms with Gasteiger partial charge in [-0.15, -0.1) is 0 Å². The molecule has 0 aliphatic heterocycles. The molecule has 1 nitrogen and oxygen atoms in total. The van der Waals surface area contributed by atoms with E-state index in [9.17, 15) is 4.39 Å². The van der Waals surface area contributed by atoms with Gasteiger partial charge in [-0.05, 0) is 23.3 Å². The van der Waals surface area contributed by atoms with Gasteiger partial charge < -0.3 is 4.74 Å². The largest absolute Gasteiger partial charge is 0.373 e. The monoisotopic (exact) mass is 242 g/mol. The number of rotatable bonds is 5. The van der Waals surface area contributed by atoms with Gasteiger partial charge in [-0.2, -0.15) is 0 Å². The van der Waals surface area contributed by atoms with Crippen molar-refractivity contribution in [2.75, 3.05) is 6.61 Å². The van der Waals surface area contributed by atoms with Gasteiger partial charge in [-0.1, -0.05) is 54.6 Å². The Morgan fingerprint density at radius 3 is 2.39 bits per heavy atom. The van der Waals surface area contributed by atoms with Crippen molar-refractivity contribution >= 4 is 6.08 Å². The van der Waals surface area contributed by atoms with Crippen molar-refractivity contribution in [3.8, 4) is 0 Å². The molecule has 0 fully saturated rings. The van der Waals surface area contributed by atoms with Gasteiger partial charge in [0.25, 0.3) is 0 Å². The summed E-state index contributed by atoms with van der Waals surface area (Å²) in [5, 5.41) is 0. The molecule has 0 amide bonds. The minimum Gasteiger partial charge on any atom is -0.373 e. The van der Waals surface area contributed by atoms with Crippen molar-refractivity contribution in [3.05, 3.63) is 77.6 Å². The second kappa shape index (κ2) is 6.72. The molecule has 2 heteroatoms. The molecule has 0 aromatic heterocycles. The number of hydrogen-bond acceptors (Lipinski definition) is 1. The van der Waals surface area contributed by atoms with Crippen molar-refractivity contribution < 1.29 is 9.13 Å². The molecule has 0 unspecified atom stereocenters. The fraction of sp³-hybridized carbons (Fsp3) is 0.125. The Morgan fingerprint density at radius 1 is 0.944 bits per heavy atom. The summed E-state index contributed by atoms with van der Waals surface area (Å²) < 4.78 is 18.2. The zero-order valence-electron chi connectivity index (χ0n) is 10.1. The molecule has 0 N–H and O–H groups in total. The molecule has 0 bridgehead atoms. The summed E-state index contributed by atoms with van der Waals surface area (Å²) >= 11 is 0. The third kappa shape index (κ3) is 4.15. The molecule has 2 aromatic rings. The molecular formula is C16H15FO. The van der Waals surface area contributed by atoms with Gasteiger partial charge in [0, 0.05) is 0 Å². The van der Waals surface area contributed by atoms with Crippen molar-refractivity contribution in [1.82, 2.24) is 0 Å². The second-order valence-electron chi connectivity index (χ2n) is 3.95. The van der Waals surface area contributed by atoms with Crippen LogP contribution in [0, 0.1) is 5.82 Å². The first-order valence-electron chi connectivity index (χ1n) is 5.88. The predicted molar refractivity (Wildman–Crippen MR) is 71.5 cm³/mol. The number of hydrogen-bond donors (Lipinski definition) is 0. The van der Waals surface area contributed by atoms with Gasteiger partial charge in [0.1, 0.15) is 5.82 Å². The maximum absolute atomic E-state index is 12.7. The van der Waals surface area contributed by atoms with Gasteiger partial charge >= 0.3 is 0 Å². The van der Waals surface area contributed by atoms with E-state index < -0.39 is 0 Å². The van der Waals surface area contributed by atoms with Crippen LogP contribution in [0.4, 0.5) is 4.39 Å². The Hall–Kier alpha value is -1.93. The SMILES string of the molecule is Fc1ccc(/C=C/COCc2ccccc2)cc1. The number of benzene rings is 2. The highest BCUT2D eigenvalue weighted by Gasteiger charge is 1.90. The standard InChI is InChI=1S/C16H15FO/c17-16-10-8-14(9-11-16)7-4-12-18-13-15-5-2-1-3-6-15/h1-11H,12-13H2/b7-4+. The van der Waals surface area contributed by atoms with Crippen molar-refractivity contribution in [2.24, 2.45) is 0 Å². The zero-order valence-corrected chi connectivity index (χ0v) is 10.1. The van der Waals surface area contributed by atoms with Crippen molar-refractivity contribution in [1.29, 1.82) is 0 Å². The third-order valence-electron chi connectivity index (χ3n) is 2.51. The molecule has 0 spiro atoms. The second-order valence-corrected chi connectivity index (χ2v) is 3.95. The molecule has 0 aliphatic rings. The van der Waals surface area contributed by atoms with Gasteiger partial charge in [0.05, 0.1) is 13.2 Å². The molecule has 2 rings (SSSR count). The predicted octanol–water partition coefficient (Wildman–Crippen LogP) is 4.06. The smallest absolute Gasteiger partial charge is 0.123 e. The maximum Gasteiger partial charge on any atom is 0.123 e. The van der Waals surface area contributed by atoms with Crippen LogP contribution < -0.4 is 0 Å². The van der Waals surface area contributed by atoms with Crippen molar-refractivity contribution in [3.63, 3.8) is 0 Å². The van der Waals surface area contributed by atoms with E-state index in [0.717, 1.165) is 11.1 Å². The first-order valence-corrected chi connectivity index (χ1v) is 5.88. The summed E-state index contributed by atoms with van der Waals surface area (Å²) in [4.78, 5) is 0.